The first-order valence-corrected chi connectivity index (χ1v) is 5.59. The molecule has 0 saturated carbocycles. The SMILES string of the molecule is Cc1cc(Cl)cc(C)c1NCCCC(=O)[O-].[Na+]. The summed E-state index contributed by atoms with van der Waals surface area (Å²) < 4.78 is 0. The Labute approximate surface area is 129 Å². The molecule has 3 nitrogen and oxygen atoms in total. The zero-order valence-corrected chi connectivity index (χ0v) is 13.2. The van der Waals surface area contributed by atoms with Crippen LogP contribution in [0.25, 0.3) is 0 Å². The summed E-state index contributed by atoms with van der Waals surface area (Å²) in [6.07, 6.45) is 0.641. The maximum Gasteiger partial charge on any atom is 1.00 e. The molecular formula is C12H15ClNNaO2. The zero-order chi connectivity index (χ0) is 12.1. The molecule has 1 aromatic rings. The van der Waals surface area contributed by atoms with Crippen molar-refractivity contribution in [3.8, 4) is 0 Å². The van der Waals surface area contributed by atoms with Crippen LogP contribution >= 0.6 is 11.6 Å². The Morgan fingerprint density at radius 1 is 1.35 bits per heavy atom. The predicted molar refractivity (Wildman–Crippen MR) is 63.7 cm³/mol. The van der Waals surface area contributed by atoms with Gasteiger partial charge in [-0.15, -0.1) is 0 Å². The second-order valence-electron chi connectivity index (χ2n) is 3.82. The number of hydrogen-bond donors (Lipinski definition) is 1. The number of carboxylic acids is 1. The molecule has 1 aromatic carbocycles. The summed E-state index contributed by atoms with van der Waals surface area (Å²) in [7, 11) is 0. The second kappa shape index (κ2) is 7.98. The van der Waals surface area contributed by atoms with Gasteiger partial charge in [-0.3, -0.25) is 0 Å². The van der Waals surface area contributed by atoms with Gasteiger partial charge in [0.2, 0.25) is 0 Å². The Morgan fingerprint density at radius 2 is 1.88 bits per heavy atom. The molecular weight excluding hydrogens is 249 g/mol. The molecule has 17 heavy (non-hydrogen) atoms. The molecule has 0 heterocycles. The van der Waals surface area contributed by atoms with Crippen LogP contribution in [0.1, 0.15) is 24.0 Å². The van der Waals surface area contributed by atoms with Gasteiger partial charge in [-0.1, -0.05) is 11.6 Å². The quantitative estimate of drug-likeness (QED) is 0.542. The standard InChI is InChI=1S/C12H16ClNO2.Na/c1-8-6-10(13)7-9(2)12(8)14-5-3-4-11(15)16;/h6-7,14H,3-5H2,1-2H3,(H,15,16);/q;+1/p-1. The summed E-state index contributed by atoms with van der Waals surface area (Å²) in [5.41, 5.74) is 3.17. The number of rotatable bonds is 5. The Hall–Kier alpha value is -0.220. The van der Waals surface area contributed by atoms with Crippen LogP contribution < -0.4 is 40.0 Å². The molecule has 0 aromatic heterocycles. The van der Waals surface area contributed by atoms with E-state index >= 15 is 0 Å². The maximum atomic E-state index is 10.2. The van der Waals surface area contributed by atoms with Crippen molar-refractivity contribution in [2.45, 2.75) is 26.7 Å². The molecule has 0 atom stereocenters. The van der Waals surface area contributed by atoms with Crippen molar-refractivity contribution in [3.63, 3.8) is 0 Å². The molecule has 0 aliphatic heterocycles. The Morgan fingerprint density at radius 3 is 2.35 bits per heavy atom. The molecule has 0 aliphatic rings. The van der Waals surface area contributed by atoms with E-state index in [9.17, 15) is 9.90 Å². The van der Waals surface area contributed by atoms with E-state index in [1.54, 1.807) is 0 Å². The number of aliphatic carboxylic acids is 1. The molecule has 0 radical (unpaired) electrons. The number of carbonyl (C=O) groups excluding carboxylic acids is 1. The summed E-state index contributed by atoms with van der Waals surface area (Å²) in [6.45, 7) is 4.57. The third kappa shape index (κ3) is 5.77. The normalized spacial score (nSPS) is 9.59. The molecule has 0 fully saturated rings. The van der Waals surface area contributed by atoms with E-state index in [0.29, 0.717) is 13.0 Å². The molecule has 0 unspecified atom stereocenters. The van der Waals surface area contributed by atoms with Crippen LogP contribution in [0.3, 0.4) is 0 Å². The van der Waals surface area contributed by atoms with E-state index in [2.05, 4.69) is 5.32 Å². The fourth-order valence-corrected chi connectivity index (χ4v) is 1.96. The first-order chi connectivity index (χ1) is 7.50. The minimum absolute atomic E-state index is 0. The van der Waals surface area contributed by atoms with Gasteiger partial charge in [-0.2, -0.15) is 0 Å². The number of aryl methyl sites for hydroxylation is 2. The average Bonchev–Trinajstić information content (AvgIpc) is 2.14. The summed E-state index contributed by atoms with van der Waals surface area (Å²) in [6, 6.07) is 3.77. The minimum atomic E-state index is -1.01. The molecule has 88 valence electrons. The largest absolute Gasteiger partial charge is 1.00 e. The average molecular weight is 264 g/mol. The van der Waals surface area contributed by atoms with Crippen molar-refractivity contribution in [1.82, 2.24) is 0 Å². The third-order valence-electron chi connectivity index (χ3n) is 2.36. The van der Waals surface area contributed by atoms with Crippen LogP contribution in [0, 0.1) is 13.8 Å². The summed E-state index contributed by atoms with van der Waals surface area (Å²) >= 11 is 5.91. The minimum Gasteiger partial charge on any atom is -0.550 e. The van der Waals surface area contributed by atoms with E-state index < -0.39 is 5.97 Å². The number of benzene rings is 1. The number of carbonyl (C=O) groups is 1. The first kappa shape index (κ1) is 16.8. The molecule has 0 bridgehead atoms. The van der Waals surface area contributed by atoms with E-state index in [0.717, 1.165) is 21.8 Å². The number of nitrogens with one attached hydrogen (secondary N) is 1. The van der Waals surface area contributed by atoms with Crippen molar-refractivity contribution in [2.24, 2.45) is 0 Å². The van der Waals surface area contributed by atoms with E-state index in [-0.39, 0.29) is 36.0 Å². The Bertz CT molecular complexity index is 373. The third-order valence-corrected chi connectivity index (χ3v) is 2.58. The van der Waals surface area contributed by atoms with Gasteiger partial charge in [0.05, 0.1) is 0 Å². The predicted octanol–water partition coefficient (Wildman–Crippen LogP) is -1.10. The molecule has 0 saturated heterocycles. The smallest absolute Gasteiger partial charge is 0.550 e. The summed E-state index contributed by atoms with van der Waals surface area (Å²) in [5.74, 6) is -1.01. The van der Waals surface area contributed by atoms with Gasteiger partial charge in [0.15, 0.2) is 0 Å². The number of hydrogen-bond acceptors (Lipinski definition) is 3. The van der Waals surface area contributed by atoms with Crippen molar-refractivity contribution in [2.75, 3.05) is 11.9 Å². The van der Waals surface area contributed by atoms with E-state index in [1.165, 1.54) is 0 Å². The van der Waals surface area contributed by atoms with Gasteiger partial charge in [-0.05, 0) is 49.9 Å². The van der Waals surface area contributed by atoms with Crippen LogP contribution in [0.15, 0.2) is 12.1 Å². The topological polar surface area (TPSA) is 52.2 Å². The van der Waals surface area contributed by atoms with Crippen LogP contribution in [-0.4, -0.2) is 12.5 Å². The van der Waals surface area contributed by atoms with Crippen LogP contribution in [0.5, 0.6) is 0 Å². The summed E-state index contributed by atoms with van der Waals surface area (Å²) in [4.78, 5) is 10.2. The molecule has 1 N–H and O–H groups in total. The summed E-state index contributed by atoms with van der Waals surface area (Å²) in [5, 5.41) is 14.2. The van der Waals surface area contributed by atoms with Crippen molar-refractivity contribution in [1.29, 1.82) is 0 Å². The fourth-order valence-electron chi connectivity index (χ4n) is 1.64. The number of halogens is 1. The van der Waals surface area contributed by atoms with Crippen LogP contribution in [0.2, 0.25) is 5.02 Å². The van der Waals surface area contributed by atoms with Gasteiger partial charge in [0.1, 0.15) is 0 Å². The molecule has 0 aliphatic carbocycles. The van der Waals surface area contributed by atoms with Crippen LogP contribution in [0.4, 0.5) is 5.69 Å². The van der Waals surface area contributed by atoms with Crippen molar-refractivity contribution >= 4 is 23.3 Å². The van der Waals surface area contributed by atoms with Crippen molar-refractivity contribution < 1.29 is 39.5 Å². The molecule has 0 spiro atoms. The van der Waals surface area contributed by atoms with Gasteiger partial charge >= 0.3 is 29.6 Å². The van der Waals surface area contributed by atoms with Crippen molar-refractivity contribution in [3.05, 3.63) is 28.3 Å². The molecule has 0 amide bonds. The van der Waals surface area contributed by atoms with E-state index in [4.69, 9.17) is 11.6 Å². The Kier molecular flexibility index (Phi) is 7.88. The van der Waals surface area contributed by atoms with Gasteiger partial charge < -0.3 is 15.2 Å². The number of carboxylic acid groups (broad SMARTS) is 1. The van der Waals surface area contributed by atoms with Crippen LogP contribution in [-0.2, 0) is 4.79 Å². The van der Waals surface area contributed by atoms with Gasteiger partial charge in [0.25, 0.3) is 0 Å². The number of anilines is 1. The first-order valence-electron chi connectivity index (χ1n) is 5.21. The molecule has 1 rings (SSSR count). The van der Waals surface area contributed by atoms with Gasteiger partial charge in [0, 0.05) is 23.2 Å². The zero-order valence-electron chi connectivity index (χ0n) is 10.5. The van der Waals surface area contributed by atoms with E-state index in [1.807, 2.05) is 26.0 Å². The second-order valence-corrected chi connectivity index (χ2v) is 4.25. The fraction of sp³-hybridized carbons (Fsp3) is 0.417. The van der Waals surface area contributed by atoms with Gasteiger partial charge in [-0.25, -0.2) is 0 Å². The monoisotopic (exact) mass is 263 g/mol. The maximum absolute atomic E-state index is 10.2. The Balaban J connectivity index is 0.00000256. The molecule has 5 heteroatoms.